The number of carbonyl (C=O) groups excluding carboxylic acids is 1. The van der Waals surface area contributed by atoms with E-state index in [0.717, 1.165) is 24.9 Å². The van der Waals surface area contributed by atoms with Crippen LogP contribution in [0.5, 0.6) is 0 Å². The van der Waals surface area contributed by atoms with Crippen LogP contribution in [0.15, 0.2) is 70.1 Å². The Labute approximate surface area is 267 Å². The number of nitrogens with zero attached hydrogens (tertiary/aromatic N) is 4. The molecule has 1 aliphatic rings. The molecule has 0 bridgehead atoms. The number of benzene rings is 3. The van der Waals surface area contributed by atoms with Gasteiger partial charge in [0, 0.05) is 54.7 Å². The van der Waals surface area contributed by atoms with Crippen LogP contribution in [0.1, 0.15) is 35.8 Å². The monoisotopic (exact) mass is 668 g/mol. The van der Waals surface area contributed by atoms with E-state index in [1.807, 2.05) is 0 Å². The lowest BCUT2D eigenvalue weighted by molar-refractivity contribution is -0.141. The zero-order valence-corrected chi connectivity index (χ0v) is 26.2. The maximum absolute atomic E-state index is 15.1. The number of aromatic nitrogens is 3. The molecule has 244 valence electrons. The van der Waals surface area contributed by atoms with Crippen molar-refractivity contribution < 1.29 is 40.3 Å². The van der Waals surface area contributed by atoms with Gasteiger partial charge in [0.1, 0.15) is 17.3 Å². The lowest BCUT2D eigenvalue weighted by Gasteiger charge is -2.16. The van der Waals surface area contributed by atoms with Crippen molar-refractivity contribution in [3.63, 3.8) is 0 Å². The molecule has 47 heavy (non-hydrogen) atoms. The highest BCUT2D eigenvalue weighted by Crippen LogP contribution is 2.40. The van der Waals surface area contributed by atoms with E-state index >= 15 is 4.39 Å². The summed E-state index contributed by atoms with van der Waals surface area (Å²) in [4.78, 5) is 21.9. The number of aliphatic hydroxyl groups is 1. The molecule has 0 radical (unpaired) electrons. The molecule has 0 atom stereocenters. The third kappa shape index (κ3) is 6.05. The minimum absolute atomic E-state index is 0.0202. The molecule has 1 saturated heterocycles. The smallest absolute Gasteiger partial charge is 0.434 e. The number of imidazole rings is 1. The van der Waals surface area contributed by atoms with Crippen molar-refractivity contribution in [3.05, 3.63) is 89.6 Å². The second-order valence-corrected chi connectivity index (χ2v) is 13.2. The van der Waals surface area contributed by atoms with E-state index in [2.05, 4.69) is 9.97 Å². The summed E-state index contributed by atoms with van der Waals surface area (Å²) in [5.74, 6) is -0.350. The summed E-state index contributed by atoms with van der Waals surface area (Å²) >= 11 is 0. The van der Waals surface area contributed by atoms with Gasteiger partial charge < -0.3 is 19.0 Å². The van der Waals surface area contributed by atoms with Gasteiger partial charge in [-0.2, -0.15) is 13.2 Å². The topological polar surface area (TPSA) is 119 Å². The highest BCUT2D eigenvalue weighted by atomic mass is 32.2. The number of oxazole rings is 1. The van der Waals surface area contributed by atoms with Crippen molar-refractivity contribution in [3.8, 4) is 39.4 Å². The number of hydrogen-bond acceptors (Lipinski definition) is 7. The van der Waals surface area contributed by atoms with Gasteiger partial charge in [0.05, 0.1) is 17.2 Å². The van der Waals surface area contributed by atoms with Gasteiger partial charge in [-0.05, 0) is 73.0 Å². The Hall–Kier alpha value is -4.82. The summed E-state index contributed by atoms with van der Waals surface area (Å²) < 4.78 is 88.4. The van der Waals surface area contributed by atoms with Crippen molar-refractivity contribution >= 4 is 21.4 Å². The number of rotatable bonds is 7. The van der Waals surface area contributed by atoms with Crippen molar-refractivity contribution in [1.29, 1.82) is 0 Å². The van der Waals surface area contributed by atoms with Crippen molar-refractivity contribution in [2.45, 2.75) is 44.4 Å². The standard InChI is InChI=1S/C33H28F4N4O5S/c1-18-38-29(33(35,36)37)16-41(18)27-11-8-21(22-14-26(34)25(17-42)28(15-22)47(3,44)45)13-24(27)31-32(46-19(2)39-31)20-6-9-23(10-7-20)40-12-4-5-30(40)43/h6-11,13-16,42H,4-5,12,17H2,1-3H3. The number of hydrogen-bond donors (Lipinski definition) is 1. The van der Waals surface area contributed by atoms with Crippen molar-refractivity contribution in [2.24, 2.45) is 0 Å². The number of amides is 1. The van der Waals surface area contributed by atoms with E-state index in [1.54, 1.807) is 42.2 Å². The predicted molar refractivity (Wildman–Crippen MR) is 165 cm³/mol. The summed E-state index contributed by atoms with van der Waals surface area (Å²) in [7, 11) is -3.95. The van der Waals surface area contributed by atoms with Crippen LogP contribution in [0.2, 0.25) is 0 Å². The third-order valence-corrected chi connectivity index (χ3v) is 9.14. The molecular weight excluding hydrogens is 640 g/mol. The lowest BCUT2D eigenvalue weighted by atomic mass is 9.97. The van der Waals surface area contributed by atoms with Gasteiger partial charge >= 0.3 is 6.18 Å². The number of aliphatic hydroxyl groups excluding tert-OH is 1. The quantitative estimate of drug-likeness (QED) is 0.193. The molecular formula is C33H28F4N4O5S. The average molecular weight is 669 g/mol. The fourth-order valence-corrected chi connectivity index (χ4v) is 6.70. The molecule has 1 fully saturated rings. The normalized spacial score (nSPS) is 14.0. The van der Waals surface area contributed by atoms with Gasteiger partial charge in [0.2, 0.25) is 5.91 Å². The minimum Gasteiger partial charge on any atom is -0.440 e. The largest absolute Gasteiger partial charge is 0.440 e. The number of alkyl halides is 3. The van der Waals surface area contributed by atoms with E-state index in [1.165, 1.54) is 29.7 Å². The van der Waals surface area contributed by atoms with Crippen LogP contribution in [0.25, 0.3) is 39.4 Å². The van der Waals surface area contributed by atoms with Crippen LogP contribution in [0, 0.1) is 19.7 Å². The molecule has 0 saturated carbocycles. The van der Waals surface area contributed by atoms with Gasteiger partial charge in [-0.1, -0.05) is 6.07 Å². The molecule has 0 unspecified atom stereocenters. The van der Waals surface area contributed by atoms with Gasteiger partial charge in [0.25, 0.3) is 0 Å². The Morgan fingerprint density at radius 2 is 1.68 bits per heavy atom. The van der Waals surface area contributed by atoms with Gasteiger partial charge in [-0.15, -0.1) is 0 Å². The Bertz CT molecular complexity index is 2140. The van der Waals surface area contributed by atoms with Gasteiger partial charge in [-0.3, -0.25) is 4.79 Å². The van der Waals surface area contributed by atoms with E-state index in [-0.39, 0.29) is 51.5 Å². The van der Waals surface area contributed by atoms with Crippen molar-refractivity contribution in [1.82, 2.24) is 14.5 Å². The molecule has 0 aliphatic carbocycles. The van der Waals surface area contributed by atoms with E-state index in [0.29, 0.717) is 29.8 Å². The first kappa shape index (κ1) is 32.1. The van der Waals surface area contributed by atoms with Crippen LogP contribution < -0.4 is 4.90 Å². The number of sulfone groups is 1. The Morgan fingerprint density at radius 1 is 0.979 bits per heavy atom. The van der Waals surface area contributed by atoms with Gasteiger partial charge in [-0.25, -0.2) is 22.8 Å². The molecule has 5 aromatic rings. The van der Waals surface area contributed by atoms with Crippen molar-refractivity contribution in [2.75, 3.05) is 17.7 Å². The Balaban J connectivity index is 1.56. The zero-order chi connectivity index (χ0) is 33.8. The van der Waals surface area contributed by atoms with Crippen LogP contribution in [0.4, 0.5) is 23.2 Å². The summed E-state index contributed by atoms with van der Waals surface area (Å²) in [5, 5.41) is 9.67. The molecule has 14 heteroatoms. The van der Waals surface area contributed by atoms with E-state index in [9.17, 15) is 31.5 Å². The Morgan fingerprint density at radius 3 is 2.28 bits per heavy atom. The maximum Gasteiger partial charge on any atom is 0.434 e. The number of anilines is 1. The van der Waals surface area contributed by atoms with Crippen LogP contribution in [-0.4, -0.2) is 46.8 Å². The van der Waals surface area contributed by atoms with E-state index < -0.39 is 39.0 Å². The summed E-state index contributed by atoms with van der Waals surface area (Å²) in [6.45, 7) is 2.79. The number of carbonyl (C=O) groups is 1. The van der Waals surface area contributed by atoms with Gasteiger partial charge in [0.15, 0.2) is 27.2 Å². The highest BCUT2D eigenvalue weighted by Gasteiger charge is 2.35. The van der Waals surface area contributed by atoms with E-state index in [4.69, 9.17) is 4.42 Å². The zero-order valence-electron chi connectivity index (χ0n) is 25.4. The van der Waals surface area contributed by atoms with Crippen LogP contribution >= 0.6 is 0 Å². The summed E-state index contributed by atoms with van der Waals surface area (Å²) in [6, 6.07) is 13.9. The molecule has 0 spiro atoms. The Kier molecular flexibility index (Phi) is 8.04. The SMILES string of the molecule is Cc1nc(-c2cc(-c3cc(F)c(CO)c(S(C)(=O)=O)c3)ccc2-n2cc(C(F)(F)F)nc2C)c(-c2ccc(N3CCCC3=O)cc2)o1. The predicted octanol–water partition coefficient (Wildman–Crippen LogP) is 6.66. The lowest BCUT2D eigenvalue weighted by Crippen LogP contribution is -2.23. The fraction of sp³-hybridized carbons (Fsp3) is 0.242. The highest BCUT2D eigenvalue weighted by molar-refractivity contribution is 7.90. The van der Waals surface area contributed by atoms with Crippen LogP contribution in [0.3, 0.4) is 0 Å². The molecule has 6 rings (SSSR count). The summed E-state index contributed by atoms with van der Waals surface area (Å²) in [6.07, 6.45) is -1.73. The summed E-state index contributed by atoms with van der Waals surface area (Å²) in [5.41, 5.74) is 1.05. The first-order valence-corrected chi connectivity index (χ1v) is 16.3. The molecule has 3 heterocycles. The second-order valence-electron chi connectivity index (χ2n) is 11.2. The molecule has 1 aliphatic heterocycles. The fourth-order valence-electron chi connectivity index (χ4n) is 5.75. The minimum atomic E-state index is -4.71. The molecule has 2 aromatic heterocycles. The number of halogens is 4. The molecule has 3 aromatic carbocycles. The maximum atomic E-state index is 15.1. The first-order valence-electron chi connectivity index (χ1n) is 14.5. The second kappa shape index (κ2) is 11.8. The third-order valence-electron chi connectivity index (χ3n) is 7.98. The molecule has 9 nitrogen and oxygen atoms in total. The molecule has 1 amide bonds. The number of aryl methyl sites for hydroxylation is 2. The average Bonchev–Trinajstić information content (AvgIpc) is 3.73. The first-order chi connectivity index (χ1) is 22.2. The van der Waals surface area contributed by atoms with Crippen LogP contribution in [-0.2, 0) is 27.4 Å². The molecule has 1 N–H and O–H groups in total.